The van der Waals surface area contributed by atoms with Gasteiger partial charge < -0.3 is 9.73 Å². The number of hydrogen-bond donors (Lipinski definition) is 1. The van der Waals surface area contributed by atoms with Crippen molar-refractivity contribution in [2.45, 2.75) is 10.9 Å². The molecule has 4 rings (SSSR count). The molecule has 3 heterocycles. The zero-order valence-corrected chi connectivity index (χ0v) is 16.2. The van der Waals surface area contributed by atoms with Crippen LogP contribution in [-0.4, -0.2) is 41.9 Å². The number of aryl methyl sites for hydroxylation is 1. The maximum Gasteiger partial charge on any atom is 0.419 e. The number of nitrogens with one attached hydrogen (secondary N) is 1. The van der Waals surface area contributed by atoms with Crippen LogP contribution < -0.4 is 11.1 Å². The lowest BCUT2D eigenvalue weighted by Crippen LogP contribution is -2.48. The summed E-state index contributed by atoms with van der Waals surface area (Å²) in [5.74, 6) is -0.523. The van der Waals surface area contributed by atoms with Crippen LogP contribution in [0, 0.1) is 0 Å². The highest BCUT2D eigenvalue weighted by atomic mass is 35.5. The molecule has 0 bridgehead atoms. The number of benzene rings is 1. The van der Waals surface area contributed by atoms with Gasteiger partial charge in [-0.3, -0.25) is 9.55 Å². The molecule has 1 aromatic carbocycles. The fourth-order valence-corrected chi connectivity index (χ4v) is 4.87. The molecule has 8 nitrogen and oxygen atoms in total. The van der Waals surface area contributed by atoms with E-state index in [1.54, 1.807) is 31.6 Å². The van der Waals surface area contributed by atoms with Gasteiger partial charge in [0, 0.05) is 45.1 Å². The molecule has 1 N–H and O–H groups in total. The number of rotatable bonds is 3. The third-order valence-corrected chi connectivity index (χ3v) is 6.54. The topological polar surface area (TPSA) is 97.4 Å². The van der Waals surface area contributed by atoms with Gasteiger partial charge in [-0.1, -0.05) is 6.07 Å². The number of piperazine rings is 1. The first kappa shape index (κ1) is 19.6. The quantitative estimate of drug-likeness (QED) is 0.698. The van der Waals surface area contributed by atoms with Gasteiger partial charge in [0.25, 0.3) is 0 Å². The smallest absolute Gasteiger partial charge is 0.408 e. The van der Waals surface area contributed by atoms with Crippen LogP contribution in [0.3, 0.4) is 0 Å². The van der Waals surface area contributed by atoms with E-state index in [0.717, 1.165) is 5.56 Å². The van der Waals surface area contributed by atoms with Crippen LogP contribution in [0.5, 0.6) is 0 Å². The number of halogens is 1. The molecule has 1 aliphatic heterocycles. The fraction of sp³-hybridized carbons (Fsp3) is 0.294. The van der Waals surface area contributed by atoms with Crippen molar-refractivity contribution < 1.29 is 12.8 Å². The Morgan fingerprint density at radius 1 is 1.30 bits per heavy atom. The Kier molecular flexibility index (Phi) is 5.38. The zero-order chi connectivity index (χ0) is 18.3. The Hall–Kier alpha value is -2.20. The molecule has 0 saturated carbocycles. The number of oxazole rings is 1. The van der Waals surface area contributed by atoms with Crippen LogP contribution >= 0.6 is 12.4 Å². The SMILES string of the molecule is Cl.Cn1c(=O)oc2cc(S(=O)(=O)N3CCNCC3c3cccnc3)ccc21. The van der Waals surface area contributed by atoms with Crippen LogP contribution in [0.25, 0.3) is 11.1 Å². The Balaban J connectivity index is 0.00000210. The molecule has 2 aromatic heterocycles. The molecule has 10 heteroatoms. The van der Waals surface area contributed by atoms with Gasteiger partial charge in [-0.25, -0.2) is 13.2 Å². The van der Waals surface area contributed by atoms with Gasteiger partial charge in [-0.2, -0.15) is 4.31 Å². The predicted molar refractivity (Wildman–Crippen MR) is 102 cm³/mol. The van der Waals surface area contributed by atoms with Gasteiger partial charge >= 0.3 is 5.76 Å². The summed E-state index contributed by atoms with van der Waals surface area (Å²) in [5, 5.41) is 3.23. The van der Waals surface area contributed by atoms with E-state index in [-0.39, 0.29) is 28.9 Å². The molecule has 0 amide bonds. The van der Waals surface area contributed by atoms with E-state index in [4.69, 9.17) is 4.42 Å². The second kappa shape index (κ2) is 7.43. The Morgan fingerprint density at radius 3 is 2.85 bits per heavy atom. The average molecular weight is 411 g/mol. The molecule has 1 unspecified atom stereocenters. The summed E-state index contributed by atoms with van der Waals surface area (Å²) in [6.45, 7) is 1.42. The van der Waals surface area contributed by atoms with Gasteiger partial charge in [-0.05, 0) is 23.8 Å². The van der Waals surface area contributed by atoms with Crippen LogP contribution in [0.2, 0.25) is 0 Å². The van der Waals surface area contributed by atoms with E-state index in [9.17, 15) is 13.2 Å². The van der Waals surface area contributed by atoms with Gasteiger partial charge in [0.15, 0.2) is 5.58 Å². The van der Waals surface area contributed by atoms with Crippen molar-refractivity contribution in [3.63, 3.8) is 0 Å². The normalized spacial score (nSPS) is 18.3. The third-order valence-electron chi connectivity index (χ3n) is 4.63. The molecule has 3 aromatic rings. The molecular formula is C17H19ClN4O4S. The first-order chi connectivity index (χ1) is 12.5. The summed E-state index contributed by atoms with van der Waals surface area (Å²) in [5.41, 5.74) is 1.64. The summed E-state index contributed by atoms with van der Waals surface area (Å²) < 4.78 is 34.5. The van der Waals surface area contributed by atoms with Gasteiger partial charge in [0.2, 0.25) is 10.0 Å². The number of sulfonamides is 1. The summed E-state index contributed by atoms with van der Waals surface area (Å²) in [7, 11) is -2.18. The lowest BCUT2D eigenvalue weighted by molar-refractivity contribution is 0.271. The van der Waals surface area contributed by atoms with Crippen LogP contribution in [0.1, 0.15) is 11.6 Å². The van der Waals surface area contributed by atoms with Crippen molar-refractivity contribution in [1.29, 1.82) is 0 Å². The van der Waals surface area contributed by atoms with Gasteiger partial charge in [0.1, 0.15) is 0 Å². The standard InChI is InChI=1S/C17H18N4O4S.ClH/c1-20-14-5-4-13(9-16(14)25-17(20)22)26(23,24)21-8-7-19-11-15(21)12-3-2-6-18-10-12;/h2-6,9-10,15,19H,7-8,11H2,1H3;1H. The zero-order valence-electron chi connectivity index (χ0n) is 14.5. The van der Waals surface area contributed by atoms with Gasteiger partial charge in [0.05, 0.1) is 16.5 Å². The largest absolute Gasteiger partial charge is 0.419 e. The molecule has 1 saturated heterocycles. The van der Waals surface area contributed by atoms with E-state index in [0.29, 0.717) is 25.2 Å². The molecule has 1 atom stereocenters. The predicted octanol–water partition coefficient (Wildman–Crippen LogP) is 1.28. The van der Waals surface area contributed by atoms with Crippen LogP contribution in [0.4, 0.5) is 0 Å². The monoisotopic (exact) mass is 410 g/mol. The summed E-state index contributed by atoms with van der Waals surface area (Å²) >= 11 is 0. The molecule has 144 valence electrons. The number of hydrogen-bond acceptors (Lipinski definition) is 6. The first-order valence-electron chi connectivity index (χ1n) is 8.20. The average Bonchev–Trinajstić information content (AvgIpc) is 2.96. The third kappa shape index (κ3) is 3.39. The number of fused-ring (bicyclic) bond motifs is 1. The van der Waals surface area contributed by atoms with Crippen LogP contribution in [0.15, 0.2) is 56.8 Å². The highest BCUT2D eigenvalue weighted by Gasteiger charge is 2.34. The minimum atomic E-state index is -3.76. The highest BCUT2D eigenvalue weighted by molar-refractivity contribution is 7.89. The highest BCUT2D eigenvalue weighted by Crippen LogP contribution is 2.29. The summed E-state index contributed by atoms with van der Waals surface area (Å²) in [6, 6.07) is 7.82. The molecule has 27 heavy (non-hydrogen) atoms. The van der Waals surface area contributed by atoms with Gasteiger partial charge in [-0.15, -0.1) is 12.4 Å². The molecule has 1 fully saturated rings. The Bertz CT molecular complexity index is 1110. The maximum atomic E-state index is 13.3. The maximum absolute atomic E-state index is 13.3. The number of aromatic nitrogens is 2. The van der Waals surface area contributed by atoms with Crippen LogP contribution in [-0.2, 0) is 17.1 Å². The summed E-state index contributed by atoms with van der Waals surface area (Å²) in [6.07, 6.45) is 3.34. The van der Waals surface area contributed by atoms with Crippen molar-refractivity contribution in [1.82, 2.24) is 19.2 Å². The lowest BCUT2D eigenvalue weighted by Gasteiger charge is -2.35. The van der Waals surface area contributed by atoms with E-state index in [1.807, 2.05) is 6.07 Å². The number of pyridine rings is 1. The minimum Gasteiger partial charge on any atom is -0.408 e. The van der Waals surface area contributed by atoms with Crippen molar-refractivity contribution in [2.75, 3.05) is 19.6 Å². The molecule has 0 radical (unpaired) electrons. The molecular weight excluding hydrogens is 392 g/mol. The van der Waals surface area contributed by atoms with Crippen molar-refractivity contribution >= 4 is 33.5 Å². The fourth-order valence-electron chi connectivity index (χ4n) is 3.24. The first-order valence-corrected chi connectivity index (χ1v) is 9.64. The van der Waals surface area contributed by atoms with E-state index in [2.05, 4.69) is 10.3 Å². The number of nitrogens with zero attached hydrogens (tertiary/aromatic N) is 3. The molecule has 0 aliphatic carbocycles. The summed E-state index contributed by atoms with van der Waals surface area (Å²) in [4.78, 5) is 15.9. The van der Waals surface area contributed by atoms with E-state index in [1.165, 1.54) is 21.0 Å². The second-order valence-corrected chi connectivity index (χ2v) is 8.07. The molecule has 0 spiro atoms. The van der Waals surface area contributed by atoms with Crippen molar-refractivity contribution in [3.8, 4) is 0 Å². The van der Waals surface area contributed by atoms with E-state index >= 15 is 0 Å². The minimum absolute atomic E-state index is 0. The van der Waals surface area contributed by atoms with E-state index < -0.39 is 15.8 Å². The second-order valence-electron chi connectivity index (χ2n) is 6.18. The molecule has 1 aliphatic rings. The Morgan fingerprint density at radius 2 is 2.11 bits per heavy atom. The van der Waals surface area contributed by atoms with Crippen molar-refractivity contribution in [3.05, 3.63) is 58.8 Å². The lowest BCUT2D eigenvalue weighted by atomic mass is 10.1. The van der Waals surface area contributed by atoms with Crippen molar-refractivity contribution in [2.24, 2.45) is 7.05 Å². The Labute approximate surface area is 162 Å².